The Hall–Kier alpha value is -0.260. The van der Waals surface area contributed by atoms with E-state index in [1.54, 1.807) is 0 Å². The topological polar surface area (TPSA) is 41.7 Å². The summed E-state index contributed by atoms with van der Waals surface area (Å²) < 4.78 is 61.2. The summed E-state index contributed by atoms with van der Waals surface area (Å²) in [5.74, 6) is -4.99. The first-order valence-electron chi connectivity index (χ1n) is 3.20. The van der Waals surface area contributed by atoms with E-state index in [0.29, 0.717) is 4.68 Å². The van der Waals surface area contributed by atoms with Crippen LogP contribution >= 0.6 is 35.3 Å². The molecule has 1 N–H and O–H groups in total. The number of hydrogen-bond acceptors (Lipinski definition) is 3. The molecule has 0 saturated heterocycles. The molecule has 3 nitrogen and oxygen atoms in total. The first-order valence-corrected chi connectivity index (χ1v) is 4.01. The van der Waals surface area contributed by atoms with Gasteiger partial charge in [0, 0.05) is 7.05 Å². The second kappa shape index (κ2) is 4.31. The lowest BCUT2D eigenvalue weighted by Crippen LogP contribution is -2.33. The predicted octanol–water partition coefficient (Wildman–Crippen LogP) is 2.23. The third kappa shape index (κ3) is 2.65. The first-order chi connectivity index (χ1) is 6.16. The Morgan fingerprint density at radius 3 is 2.00 bits per heavy atom. The van der Waals surface area contributed by atoms with E-state index in [9.17, 15) is 22.0 Å². The molecule has 0 fully saturated rings. The smallest absolute Gasteiger partial charge is 0.274 e. The highest BCUT2D eigenvalue weighted by Gasteiger charge is 2.61. The Morgan fingerprint density at radius 2 is 1.73 bits per heavy atom. The van der Waals surface area contributed by atoms with Gasteiger partial charge in [0.1, 0.15) is 0 Å². The molecule has 0 bridgehead atoms. The van der Waals surface area contributed by atoms with Crippen molar-refractivity contribution in [3.63, 3.8) is 0 Å². The van der Waals surface area contributed by atoms with Crippen LogP contribution in [-0.2, 0) is 13.0 Å². The Bertz CT molecular complexity index is 394. The van der Waals surface area contributed by atoms with Crippen LogP contribution in [0.25, 0.3) is 0 Å². The van der Waals surface area contributed by atoms with E-state index in [1.165, 1.54) is 0 Å². The average molecular weight is 361 g/mol. The molecule has 0 aliphatic rings. The lowest BCUT2D eigenvalue weighted by molar-refractivity contribution is -0.289. The fourth-order valence-corrected chi connectivity index (χ4v) is 1.37. The van der Waals surface area contributed by atoms with Gasteiger partial charge in [-0.05, 0) is 0 Å². The summed E-state index contributed by atoms with van der Waals surface area (Å²) in [6.07, 6.45) is -5.68. The van der Waals surface area contributed by atoms with Crippen molar-refractivity contribution in [1.29, 1.82) is 5.41 Å². The molecule has 0 radical (unpaired) electrons. The van der Waals surface area contributed by atoms with Crippen LogP contribution in [0.4, 0.5) is 22.0 Å². The second-order valence-corrected chi connectivity index (χ2v) is 3.39. The third-order valence-electron chi connectivity index (χ3n) is 1.35. The van der Waals surface area contributed by atoms with Crippen molar-refractivity contribution in [2.24, 2.45) is 7.05 Å². The summed E-state index contributed by atoms with van der Waals surface area (Å²) in [5.41, 5.74) is 0. The van der Waals surface area contributed by atoms with Crippen LogP contribution in [0.5, 0.6) is 0 Å². The molecule has 10 heteroatoms. The van der Waals surface area contributed by atoms with Gasteiger partial charge in [-0.1, -0.05) is 11.3 Å². The lowest BCUT2D eigenvalue weighted by Gasteiger charge is -2.15. The molecule has 1 heterocycles. The molecule has 0 saturated carbocycles. The van der Waals surface area contributed by atoms with Gasteiger partial charge >= 0.3 is 12.1 Å². The zero-order chi connectivity index (χ0) is 11.1. The molecule has 1 aromatic heterocycles. The van der Waals surface area contributed by atoms with Crippen LogP contribution in [0.3, 0.4) is 0 Å². The van der Waals surface area contributed by atoms with E-state index >= 15 is 0 Å². The maximum Gasteiger partial charge on any atom is 0.460 e. The SMILES string of the molecule is Cn1nc(C(F)(F)C(F)(F)F)sc1=N.I. The Kier molecular flexibility index (Phi) is 4.24. The molecule has 0 atom stereocenters. The van der Waals surface area contributed by atoms with Gasteiger partial charge in [0.15, 0.2) is 9.81 Å². The van der Waals surface area contributed by atoms with Crippen molar-refractivity contribution in [3.8, 4) is 0 Å². The zero-order valence-electron chi connectivity index (χ0n) is 7.10. The second-order valence-electron chi connectivity index (χ2n) is 2.41. The van der Waals surface area contributed by atoms with Crippen molar-refractivity contribution >= 4 is 35.3 Å². The molecular weight excluding hydrogens is 356 g/mol. The number of nitrogens with zero attached hydrogens (tertiary/aromatic N) is 2. The van der Waals surface area contributed by atoms with Crippen molar-refractivity contribution in [3.05, 3.63) is 9.81 Å². The summed E-state index contributed by atoms with van der Waals surface area (Å²) in [5, 5.41) is 8.45. The average Bonchev–Trinajstić information content (AvgIpc) is 2.30. The molecule has 1 rings (SSSR count). The van der Waals surface area contributed by atoms with E-state index < -0.39 is 21.9 Å². The number of aromatic nitrogens is 2. The van der Waals surface area contributed by atoms with E-state index in [4.69, 9.17) is 5.41 Å². The molecule has 88 valence electrons. The zero-order valence-corrected chi connectivity index (χ0v) is 10.2. The first kappa shape index (κ1) is 14.7. The maximum atomic E-state index is 12.6. The van der Waals surface area contributed by atoms with Crippen LogP contribution < -0.4 is 4.80 Å². The molecule has 0 spiro atoms. The summed E-state index contributed by atoms with van der Waals surface area (Å²) in [6.45, 7) is 0. The fraction of sp³-hybridized carbons (Fsp3) is 0.600. The fourth-order valence-electron chi connectivity index (χ4n) is 0.608. The standard InChI is InChI=1S/C5H4F5N3S.HI/c1-13-3(11)14-2(12-13)4(6,7)5(8,9)10;/h11H,1H3;1H. The highest BCUT2D eigenvalue weighted by atomic mass is 127. The van der Waals surface area contributed by atoms with Crippen molar-refractivity contribution in [1.82, 2.24) is 9.78 Å². The maximum absolute atomic E-state index is 12.6. The van der Waals surface area contributed by atoms with Gasteiger partial charge in [-0.25, -0.2) is 4.68 Å². The third-order valence-corrected chi connectivity index (χ3v) is 2.34. The quantitative estimate of drug-likeness (QED) is 0.605. The van der Waals surface area contributed by atoms with Gasteiger partial charge in [-0.2, -0.15) is 27.1 Å². The monoisotopic (exact) mass is 361 g/mol. The highest BCUT2D eigenvalue weighted by Crippen LogP contribution is 2.43. The van der Waals surface area contributed by atoms with E-state index in [1.807, 2.05) is 0 Å². The molecule has 0 aromatic carbocycles. The number of hydrogen-bond donors (Lipinski definition) is 1. The Morgan fingerprint density at radius 1 is 1.27 bits per heavy atom. The number of alkyl halides is 5. The van der Waals surface area contributed by atoms with Gasteiger partial charge < -0.3 is 0 Å². The lowest BCUT2D eigenvalue weighted by atomic mass is 10.3. The van der Waals surface area contributed by atoms with Gasteiger partial charge in [0.05, 0.1) is 0 Å². The van der Waals surface area contributed by atoms with Gasteiger partial charge in [0.25, 0.3) is 0 Å². The molecular formula is C5H5F5IN3S. The van der Waals surface area contributed by atoms with Crippen LogP contribution in [0.2, 0.25) is 0 Å². The van der Waals surface area contributed by atoms with Crippen molar-refractivity contribution in [2.45, 2.75) is 12.1 Å². The van der Waals surface area contributed by atoms with E-state index in [2.05, 4.69) is 5.10 Å². The number of halogens is 6. The normalized spacial score (nSPS) is 12.4. The van der Waals surface area contributed by atoms with Gasteiger partial charge in [-0.15, -0.1) is 24.0 Å². The summed E-state index contributed by atoms with van der Waals surface area (Å²) >= 11 is -0.00331. The number of nitrogens with one attached hydrogen (secondary N) is 1. The van der Waals surface area contributed by atoms with Gasteiger partial charge in [0.2, 0.25) is 0 Å². The van der Waals surface area contributed by atoms with Crippen molar-refractivity contribution < 1.29 is 22.0 Å². The molecule has 0 unspecified atom stereocenters. The van der Waals surface area contributed by atoms with Crippen LogP contribution in [0.15, 0.2) is 0 Å². The minimum atomic E-state index is -5.68. The minimum absolute atomic E-state index is 0. The molecule has 1 aromatic rings. The highest BCUT2D eigenvalue weighted by molar-refractivity contribution is 14.0. The summed E-state index contributed by atoms with van der Waals surface area (Å²) in [7, 11) is 1.12. The largest absolute Gasteiger partial charge is 0.460 e. The molecule has 0 aliphatic carbocycles. The Labute approximate surface area is 101 Å². The molecule has 0 aliphatic heterocycles. The van der Waals surface area contributed by atoms with Crippen LogP contribution in [0.1, 0.15) is 5.01 Å². The minimum Gasteiger partial charge on any atom is -0.274 e. The van der Waals surface area contributed by atoms with E-state index in [0.717, 1.165) is 7.05 Å². The van der Waals surface area contributed by atoms with Crippen molar-refractivity contribution in [2.75, 3.05) is 0 Å². The van der Waals surface area contributed by atoms with Gasteiger partial charge in [-0.3, -0.25) is 5.41 Å². The molecule has 15 heavy (non-hydrogen) atoms. The summed E-state index contributed by atoms with van der Waals surface area (Å²) in [6, 6.07) is 0. The summed E-state index contributed by atoms with van der Waals surface area (Å²) in [4.78, 5) is -0.469. The Balaban J connectivity index is 0.00000196. The van der Waals surface area contributed by atoms with E-state index in [-0.39, 0.29) is 35.3 Å². The van der Waals surface area contributed by atoms with Crippen LogP contribution in [-0.4, -0.2) is 16.0 Å². The van der Waals surface area contributed by atoms with Crippen LogP contribution in [0, 0.1) is 5.41 Å². The molecule has 0 amide bonds. The number of aryl methyl sites for hydroxylation is 1. The number of rotatable bonds is 1. The predicted molar refractivity (Wildman–Crippen MR) is 52.3 cm³/mol.